The zero-order valence-electron chi connectivity index (χ0n) is 16.9. The molecule has 0 aromatic heterocycles. The lowest BCUT2D eigenvalue weighted by Gasteiger charge is -2.09. The summed E-state index contributed by atoms with van der Waals surface area (Å²) in [7, 11) is 1.26. The Labute approximate surface area is 183 Å². The van der Waals surface area contributed by atoms with E-state index in [0.29, 0.717) is 11.1 Å². The molecule has 0 bridgehead atoms. The molecule has 0 saturated carbocycles. The van der Waals surface area contributed by atoms with Gasteiger partial charge in [-0.05, 0) is 60.2 Å². The van der Waals surface area contributed by atoms with Gasteiger partial charge in [0.25, 0.3) is 0 Å². The van der Waals surface area contributed by atoms with E-state index < -0.39 is 17.8 Å². The van der Waals surface area contributed by atoms with Crippen molar-refractivity contribution >= 4 is 29.6 Å². The molecule has 0 aliphatic heterocycles. The van der Waals surface area contributed by atoms with Crippen LogP contribution < -0.4 is 10.1 Å². The summed E-state index contributed by atoms with van der Waals surface area (Å²) < 4.78 is 9.72. The van der Waals surface area contributed by atoms with Gasteiger partial charge < -0.3 is 19.7 Å². The molecule has 3 N–H and O–H groups in total. The van der Waals surface area contributed by atoms with E-state index in [-0.39, 0.29) is 28.5 Å². The second-order valence-corrected chi connectivity index (χ2v) is 6.55. The van der Waals surface area contributed by atoms with Crippen LogP contribution in [-0.2, 0) is 4.74 Å². The smallest absolute Gasteiger partial charge is 0.417 e. The molecular formula is C24H19NO7. The number of benzene rings is 3. The third kappa shape index (κ3) is 5.73. The van der Waals surface area contributed by atoms with E-state index in [9.17, 15) is 24.6 Å². The molecule has 0 spiro atoms. The van der Waals surface area contributed by atoms with E-state index in [2.05, 4.69) is 10.1 Å². The number of phenols is 2. The van der Waals surface area contributed by atoms with Gasteiger partial charge in [-0.15, -0.1) is 0 Å². The summed E-state index contributed by atoms with van der Waals surface area (Å²) in [5.41, 5.74) is 1.29. The standard InChI is InChI=1S/C24H19NO7/c1-31-23(29)16-5-10-19(11-6-16)32-24(30)25-17-7-12-20(22(28)14-17)21(27)13-4-15-2-8-18(26)9-3-15/h2-14,26,28H,1H3,(H,25,30). The summed E-state index contributed by atoms with van der Waals surface area (Å²) in [6.45, 7) is 0. The van der Waals surface area contributed by atoms with Crippen LogP contribution in [0, 0.1) is 0 Å². The van der Waals surface area contributed by atoms with Crippen LogP contribution in [0.5, 0.6) is 17.2 Å². The molecule has 1 amide bonds. The first-order chi connectivity index (χ1) is 15.4. The maximum atomic E-state index is 12.3. The average molecular weight is 433 g/mol. The van der Waals surface area contributed by atoms with E-state index in [4.69, 9.17) is 4.74 Å². The number of ketones is 1. The zero-order chi connectivity index (χ0) is 23.1. The molecule has 0 aliphatic rings. The molecule has 8 heteroatoms. The highest BCUT2D eigenvalue weighted by Crippen LogP contribution is 2.24. The lowest BCUT2D eigenvalue weighted by molar-refractivity contribution is 0.0600. The van der Waals surface area contributed by atoms with Gasteiger partial charge in [-0.25, -0.2) is 9.59 Å². The van der Waals surface area contributed by atoms with Gasteiger partial charge in [0.1, 0.15) is 17.2 Å². The van der Waals surface area contributed by atoms with Crippen molar-refractivity contribution in [2.75, 3.05) is 12.4 Å². The Bertz CT molecular complexity index is 1170. The number of aromatic hydroxyl groups is 2. The van der Waals surface area contributed by atoms with Crippen LogP contribution in [-0.4, -0.2) is 35.2 Å². The summed E-state index contributed by atoms with van der Waals surface area (Å²) in [5, 5.41) is 21.9. The highest BCUT2D eigenvalue weighted by atomic mass is 16.6. The Morgan fingerprint density at radius 3 is 2.22 bits per heavy atom. The van der Waals surface area contributed by atoms with Crippen LogP contribution in [0.4, 0.5) is 10.5 Å². The Morgan fingerprint density at radius 1 is 0.906 bits per heavy atom. The molecule has 0 atom stereocenters. The summed E-state index contributed by atoms with van der Waals surface area (Å²) >= 11 is 0. The lowest BCUT2D eigenvalue weighted by atomic mass is 10.1. The zero-order valence-corrected chi connectivity index (χ0v) is 16.9. The number of methoxy groups -OCH3 is 1. The minimum absolute atomic E-state index is 0.0531. The first kappa shape index (κ1) is 22.1. The van der Waals surface area contributed by atoms with Crippen molar-refractivity contribution in [3.63, 3.8) is 0 Å². The van der Waals surface area contributed by atoms with Gasteiger partial charge in [0, 0.05) is 11.8 Å². The molecule has 0 fully saturated rings. The number of hydrogen-bond acceptors (Lipinski definition) is 7. The maximum absolute atomic E-state index is 12.3. The number of phenolic OH excluding ortho intramolecular Hbond substituents is 2. The molecular weight excluding hydrogens is 414 g/mol. The van der Waals surface area contributed by atoms with Crippen LogP contribution in [0.3, 0.4) is 0 Å². The van der Waals surface area contributed by atoms with Gasteiger partial charge in [0.05, 0.1) is 18.2 Å². The number of amides is 1. The number of carbonyl (C=O) groups excluding carboxylic acids is 3. The highest BCUT2D eigenvalue weighted by molar-refractivity contribution is 6.09. The van der Waals surface area contributed by atoms with E-state index in [1.54, 1.807) is 18.2 Å². The summed E-state index contributed by atoms with van der Waals surface area (Å²) in [6, 6.07) is 16.1. The number of allylic oxidation sites excluding steroid dienone is 1. The third-order valence-electron chi connectivity index (χ3n) is 4.32. The maximum Gasteiger partial charge on any atom is 0.417 e. The van der Waals surface area contributed by atoms with Gasteiger partial charge in [0.2, 0.25) is 0 Å². The summed E-state index contributed by atoms with van der Waals surface area (Å²) in [5.74, 6) is -0.943. The van der Waals surface area contributed by atoms with E-state index in [1.165, 1.54) is 67.8 Å². The quantitative estimate of drug-likeness (QED) is 0.299. The van der Waals surface area contributed by atoms with Gasteiger partial charge in [0.15, 0.2) is 5.78 Å². The fourth-order valence-corrected chi connectivity index (χ4v) is 2.69. The predicted octanol–water partition coefficient (Wildman–Crippen LogP) is 4.39. The molecule has 162 valence electrons. The van der Waals surface area contributed by atoms with Crippen molar-refractivity contribution < 1.29 is 34.1 Å². The van der Waals surface area contributed by atoms with E-state index in [1.807, 2.05) is 0 Å². The van der Waals surface area contributed by atoms with Crippen LogP contribution in [0.2, 0.25) is 0 Å². The number of carbonyl (C=O) groups is 3. The SMILES string of the molecule is COC(=O)c1ccc(OC(=O)Nc2ccc(C(=O)C=Cc3ccc(O)cc3)c(O)c2)cc1. The first-order valence-corrected chi connectivity index (χ1v) is 9.37. The second kappa shape index (κ2) is 9.94. The Hall–Kier alpha value is -4.59. The van der Waals surface area contributed by atoms with Crippen molar-refractivity contribution in [3.05, 3.63) is 89.5 Å². The fraction of sp³-hybridized carbons (Fsp3) is 0.0417. The minimum atomic E-state index is -0.818. The normalized spacial score (nSPS) is 10.5. The van der Waals surface area contributed by atoms with Gasteiger partial charge in [-0.3, -0.25) is 10.1 Å². The van der Waals surface area contributed by atoms with Crippen molar-refractivity contribution in [2.24, 2.45) is 0 Å². The van der Waals surface area contributed by atoms with Crippen LogP contribution in [0.1, 0.15) is 26.3 Å². The van der Waals surface area contributed by atoms with Crippen molar-refractivity contribution in [1.82, 2.24) is 0 Å². The van der Waals surface area contributed by atoms with E-state index in [0.717, 1.165) is 0 Å². The monoisotopic (exact) mass is 433 g/mol. The Kier molecular flexibility index (Phi) is 6.87. The van der Waals surface area contributed by atoms with Gasteiger partial charge in [-0.2, -0.15) is 0 Å². The highest BCUT2D eigenvalue weighted by Gasteiger charge is 2.12. The molecule has 32 heavy (non-hydrogen) atoms. The average Bonchev–Trinajstić information content (AvgIpc) is 2.78. The molecule has 0 unspecified atom stereocenters. The number of esters is 1. The van der Waals surface area contributed by atoms with Crippen molar-refractivity contribution in [1.29, 1.82) is 0 Å². The molecule has 0 radical (unpaired) electrons. The topological polar surface area (TPSA) is 122 Å². The molecule has 0 heterocycles. The summed E-state index contributed by atoms with van der Waals surface area (Å²) in [6.07, 6.45) is 2.03. The fourth-order valence-electron chi connectivity index (χ4n) is 2.69. The van der Waals surface area contributed by atoms with Crippen molar-refractivity contribution in [3.8, 4) is 17.2 Å². The van der Waals surface area contributed by atoms with E-state index >= 15 is 0 Å². The van der Waals surface area contributed by atoms with Gasteiger partial charge >= 0.3 is 12.1 Å². The molecule has 3 rings (SSSR count). The number of hydrogen-bond donors (Lipinski definition) is 3. The number of nitrogens with one attached hydrogen (secondary N) is 1. The Balaban J connectivity index is 1.61. The molecule has 0 aliphatic carbocycles. The largest absolute Gasteiger partial charge is 0.508 e. The van der Waals surface area contributed by atoms with Crippen molar-refractivity contribution in [2.45, 2.75) is 0 Å². The van der Waals surface area contributed by atoms with Crippen LogP contribution >= 0.6 is 0 Å². The second-order valence-electron chi connectivity index (χ2n) is 6.55. The number of ether oxygens (including phenoxy) is 2. The molecule has 3 aromatic carbocycles. The predicted molar refractivity (Wildman–Crippen MR) is 117 cm³/mol. The molecule has 8 nitrogen and oxygen atoms in total. The number of rotatable bonds is 6. The number of anilines is 1. The Morgan fingerprint density at radius 2 is 1.59 bits per heavy atom. The van der Waals surface area contributed by atoms with Crippen LogP contribution in [0.15, 0.2) is 72.8 Å². The summed E-state index contributed by atoms with van der Waals surface area (Å²) in [4.78, 5) is 35.8. The van der Waals surface area contributed by atoms with Crippen LogP contribution in [0.25, 0.3) is 6.08 Å². The van der Waals surface area contributed by atoms with Gasteiger partial charge in [-0.1, -0.05) is 18.2 Å². The minimum Gasteiger partial charge on any atom is -0.508 e. The lowest BCUT2D eigenvalue weighted by Crippen LogP contribution is -2.16. The first-order valence-electron chi connectivity index (χ1n) is 9.37. The molecule has 3 aromatic rings. The third-order valence-corrected chi connectivity index (χ3v) is 4.32. The molecule has 0 saturated heterocycles.